The zero-order valence-corrected chi connectivity index (χ0v) is 18.6. The zero-order valence-electron chi connectivity index (χ0n) is 15.5. The maximum Gasteiger partial charge on any atom is 0.434 e. The van der Waals surface area contributed by atoms with Crippen molar-refractivity contribution in [3.05, 3.63) is 51.5 Å². The van der Waals surface area contributed by atoms with E-state index in [2.05, 4.69) is 20.6 Å². The molecule has 0 aliphatic heterocycles. The normalized spacial score (nSPS) is 11.6. The van der Waals surface area contributed by atoms with Crippen LogP contribution in [0.1, 0.15) is 26.6 Å². The molecule has 1 aromatic heterocycles. The van der Waals surface area contributed by atoms with Crippen LogP contribution in [0.4, 0.5) is 13.2 Å². The summed E-state index contributed by atoms with van der Waals surface area (Å²) < 4.78 is 37.7. The van der Waals surface area contributed by atoms with Crippen LogP contribution in [-0.4, -0.2) is 42.9 Å². The second-order valence-electron chi connectivity index (χ2n) is 5.80. The molecular weight excluding hydrogens is 506 g/mol. The maximum absolute atomic E-state index is 12.6. The van der Waals surface area contributed by atoms with Crippen molar-refractivity contribution in [2.24, 2.45) is 4.99 Å². The molecule has 0 saturated heterocycles. The Bertz CT molecular complexity index is 806. The van der Waals surface area contributed by atoms with Crippen molar-refractivity contribution in [2.75, 3.05) is 21.1 Å². The summed E-state index contributed by atoms with van der Waals surface area (Å²) in [6.07, 6.45) is -4.44. The predicted molar refractivity (Wildman–Crippen MR) is 114 cm³/mol. The lowest BCUT2D eigenvalue weighted by Crippen LogP contribution is -2.36. The molecule has 6 nitrogen and oxygen atoms in total. The lowest BCUT2D eigenvalue weighted by atomic mass is 10.1. The monoisotopic (exact) mass is 527 g/mol. The van der Waals surface area contributed by atoms with Gasteiger partial charge in [0.2, 0.25) is 0 Å². The first-order chi connectivity index (χ1) is 12.7. The second kappa shape index (κ2) is 10.6. The van der Waals surface area contributed by atoms with E-state index >= 15 is 0 Å². The van der Waals surface area contributed by atoms with Gasteiger partial charge in [0.1, 0.15) is 5.01 Å². The third-order valence-corrected chi connectivity index (χ3v) is 4.39. The highest BCUT2D eigenvalue weighted by Gasteiger charge is 2.33. The van der Waals surface area contributed by atoms with E-state index in [1.807, 2.05) is 12.1 Å². The third-order valence-electron chi connectivity index (χ3n) is 3.54. The van der Waals surface area contributed by atoms with Gasteiger partial charge in [-0.3, -0.25) is 9.79 Å². The molecule has 1 aromatic carbocycles. The fourth-order valence-corrected chi connectivity index (χ4v) is 2.85. The Kier molecular flexibility index (Phi) is 9.14. The van der Waals surface area contributed by atoms with Crippen molar-refractivity contribution in [1.29, 1.82) is 0 Å². The number of hydrogen-bond acceptors (Lipinski definition) is 4. The number of guanidine groups is 1. The van der Waals surface area contributed by atoms with Gasteiger partial charge in [0.05, 0.1) is 6.54 Å². The lowest BCUT2D eigenvalue weighted by Gasteiger charge is -2.12. The number of aliphatic imine (C=N–C) groups is 1. The number of aromatic nitrogens is 1. The van der Waals surface area contributed by atoms with Gasteiger partial charge in [-0.15, -0.1) is 35.3 Å². The first kappa shape index (κ1) is 24.1. The molecular formula is C17H21F3IN5OS. The molecule has 0 aliphatic rings. The van der Waals surface area contributed by atoms with Gasteiger partial charge in [-0.05, 0) is 17.7 Å². The van der Waals surface area contributed by atoms with Crippen LogP contribution in [0.15, 0.2) is 34.6 Å². The molecule has 0 spiro atoms. The summed E-state index contributed by atoms with van der Waals surface area (Å²) in [4.78, 5) is 20.9. The molecule has 2 rings (SSSR count). The quantitative estimate of drug-likeness (QED) is 0.356. The van der Waals surface area contributed by atoms with Crippen molar-refractivity contribution in [2.45, 2.75) is 19.3 Å². The highest BCUT2D eigenvalue weighted by atomic mass is 127. The van der Waals surface area contributed by atoms with Crippen molar-refractivity contribution >= 4 is 47.2 Å². The average Bonchev–Trinajstić information content (AvgIpc) is 3.11. The summed E-state index contributed by atoms with van der Waals surface area (Å²) >= 11 is 0.938. The average molecular weight is 527 g/mol. The number of benzene rings is 1. The highest BCUT2D eigenvalue weighted by Crippen LogP contribution is 2.29. The zero-order chi connectivity index (χ0) is 20.0. The Morgan fingerprint density at radius 1 is 1.18 bits per heavy atom. The van der Waals surface area contributed by atoms with E-state index in [1.165, 1.54) is 4.90 Å². The van der Waals surface area contributed by atoms with Gasteiger partial charge in [-0.25, -0.2) is 4.98 Å². The van der Waals surface area contributed by atoms with E-state index in [0.29, 0.717) is 23.1 Å². The second-order valence-corrected chi connectivity index (χ2v) is 6.74. The van der Waals surface area contributed by atoms with E-state index in [4.69, 9.17) is 0 Å². The summed E-state index contributed by atoms with van der Waals surface area (Å²) in [6, 6.07) is 7.13. The van der Waals surface area contributed by atoms with Gasteiger partial charge in [-0.1, -0.05) is 12.1 Å². The Balaban J connectivity index is 0.00000392. The molecule has 0 saturated carbocycles. The summed E-state index contributed by atoms with van der Waals surface area (Å²) in [5.74, 6) is 0.362. The van der Waals surface area contributed by atoms with Gasteiger partial charge in [0.15, 0.2) is 11.7 Å². The Morgan fingerprint density at radius 2 is 1.79 bits per heavy atom. The van der Waals surface area contributed by atoms with Gasteiger partial charge >= 0.3 is 6.18 Å². The topological polar surface area (TPSA) is 69.6 Å². The number of hydrogen-bond donors (Lipinski definition) is 2. The smallest absolute Gasteiger partial charge is 0.352 e. The summed E-state index contributed by atoms with van der Waals surface area (Å²) in [6.45, 7) is 0.582. The number of thiazole rings is 1. The molecule has 2 aromatic rings. The highest BCUT2D eigenvalue weighted by molar-refractivity contribution is 14.0. The van der Waals surface area contributed by atoms with Crippen molar-refractivity contribution in [3.8, 4) is 0 Å². The van der Waals surface area contributed by atoms with Crippen LogP contribution >= 0.6 is 35.3 Å². The molecule has 154 valence electrons. The van der Waals surface area contributed by atoms with E-state index in [1.54, 1.807) is 33.3 Å². The van der Waals surface area contributed by atoms with Gasteiger partial charge in [-0.2, -0.15) is 13.2 Å². The number of carbonyl (C=O) groups is 1. The minimum atomic E-state index is -4.44. The number of nitrogens with zero attached hydrogens (tertiary/aromatic N) is 3. The Hall–Kier alpha value is -1.89. The van der Waals surface area contributed by atoms with Crippen LogP contribution in [0.2, 0.25) is 0 Å². The minimum Gasteiger partial charge on any atom is -0.352 e. The Labute approximate surface area is 182 Å². The predicted octanol–water partition coefficient (Wildman–Crippen LogP) is 3.35. The van der Waals surface area contributed by atoms with E-state index < -0.39 is 11.9 Å². The van der Waals surface area contributed by atoms with Crippen LogP contribution in [0, 0.1) is 0 Å². The van der Waals surface area contributed by atoms with Crippen LogP contribution in [0.25, 0.3) is 0 Å². The molecule has 28 heavy (non-hydrogen) atoms. The molecule has 0 fully saturated rings. The fraction of sp³-hybridized carbons (Fsp3) is 0.353. The fourth-order valence-electron chi connectivity index (χ4n) is 2.11. The first-order valence-corrected chi connectivity index (χ1v) is 8.85. The third kappa shape index (κ3) is 6.93. The molecule has 0 atom stereocenters. The molecule has 1 amide bonds. The number of halogens is 4. The standard InChI is InChI=1S/C17H20F3N5OS.HI/c1-21-16(23-9-14-24-13(10-27-14)17(18,19)20)22-8-11-4-6-12(7-5-11)15(26)25(2)3;/h4-7,10H,8-9H2,1-3H3,(H2,21,22,23);1H. The van der Waals surface area contributed by atoms with E-state index in [0.717, 1.165) is 22.3 Å². The molecule has 0 bridgehead atoms. The van der Waals surface area contributed by atoms with Crippen molar-refractivity contribution in [3.63, 3.8) is 0 Å². The SMILES string of the molecule is CN=C(NCc1ccc(C(=O)N(C)C)cc1)NCc1nc(C(F)(F)F)cs1.I. The minimum absolute atomic E-state index is 0. The van der Waals surface area contributed by atoms with Crippen molar-refractivity contribution < 1.29 is 18.0 Å². The van der Waals surface area contributed by atoms with E-state index in [-0.39, 0.29) is 36.4 Å². The maximum atomic E-state index is 12.6. The van der Waals surface area contributed by atoms with Gasteiger partial charge in [0.25, 0.3) is 5.91 Å². The van der Waals surface area contributed by atoms with Crippen LogP contribution < -0.4 is 10.6 Å². The number of carbonyl (C=O) groups excluding carboxylic acids is 1. The lowest BCUT2D eigenvalue weighted by molar-refractivity contribution is -0.140. The Morgan fingerprint density at radius 3 is 2.29 bits per heavy atom. The molecule has 0 unspecified atom stereocenters. The van der Waals surface area contributed by atoms with Crippen LogP contribution in [-0.2, 0) is 19.3 Å². The van der Waals surface area contributed by atoms with E-state index in [9.17, 15) is 18.0 Å². The summed E-state index contributed by atoms with van der Waals surface area (Å²) in [5.41, 5.74) is 0.636. The summed E-state index contributed by atoms with van der Waals surface area (Å²) in [7, 11) is 4.94. The summed E-state index contributed by atoms with van der Waals surface area (Å²) in [5, 5.41) is 7.29. The molecule has 11 heteroatoms. The van der Waals surface area contributed by atoms with Gasteiger partial charge < -0.3 is 15.5 Å². The van der Waals surface area contributed by atoms with Gasteiger partial charge in [0, 0.05) is 38.6 Å². The number of rotatable bonds is 5. The molecule has 2 N–H and O–H groups in total. The molecule has 1 heterocycles. The molecule has 0 aliphatic carbocycles. The number of amides is 1. The van der Waals surface area contributed by atoms with Crippen molar-refractivity contribution in [1.82, 2.24) is 20.5 Å². The largest absolute Gasteiger partial charge is 0.434 e. The van der Waals surface area contributed by atoms with Crippen LogP contribution in [0.5, 0.6) is 0 Å². The number of alkyl halides is 3. The molecule has 0 radical (unpaired) electrons. The number of nitrogens with one attached hydrogen (secondary N) is 2. The first-order valence-electron chi connectivity index (χ1n) is 7.97. The van der Waals surface area contributed by atoms with Crippen LogP contribution in [0.3, 0.4) is 0 Å².